The van der Waals surface area contributed by atoms with Crippen LogP contribution in [0.4, 0.5) is 0 Å². The molecule has 0 spiro atoms. The van der Waals surface area contributed by atoms with Crippen LogP contribution >= 0.6 is 12.4 Å². The van der Waals surface area contributed by atoms with Crippen molar-refractivity contribution in [3.05, 3.63) is 35.9 Å². The highest BCUT2D eigenvalue weighted by Crippen LogP contribution is 2.15. The number of likely N-dealkylation sites (tertiary alicyclic amines) is 1. The third kappa shape index (κ3) is 6.33. The van der Waals surface area contributed by atoms with Crippen LogP contribution in [-0.4, -0.2) is 41.4 Å². The van der Waals surface area contributed by atoms with E-state index in [4.69, 9.17) is 5.73 Å². The van der Waals surface area contributed by atoms with Crippen molar-refractivity contribution in [3.63, 3.8) is 0 Å². The molecule has 2 atom stereocenters. The monoisotopic (exact) mass is 367 g/mol. The first-order valence-corrected chi connectivity index (χ1v) is 8.84. The fraction of sp³-hybridized carbons (Fsp3) is 0.579. The largest absolute Gasteiger partial charge is 0.350 e. The maximum absolute atomic E-state index is 12.3. The van der Waals surface area contributed by atoms with Crippen LogP contribution in [0.25, 0.3) is 0 Å². The SMILES string of the molecule is CCCC(C)(N)C(=O)NC1CCN(C(=O)CCc2ccccc2)C1.Cl. The van der Waals surface area contributed by atoms with Crippen LogP contribution in [0.2, 0.25) is 0 Å². The van der Waals surface area contributed by atoms with E-state index in [0.717, 1.165) is 19.3 Å². The topological polar surface area (TPSA) is 75.4 Å². The van der Waals surface area contributed by atoms with E-state index in [2.05, 4.69) is 5.32 Å². The van der Waals surface area contributed by atoms with Gasteiger partial charge in [-0.2, -0.15) is 0 Å². The molecule has 1 aliphatic rings. The maximum Gasteiger partial charge on any atom is 0.240 e. The molecule has 140 valence electrons. The van der Waals surface area contributed by atoms with Crippen molar-refractivity contribution in [2.45, 2.75) is 57.5 Å². The van der Waals surface area contributed by atoms with Crippen molar-refractivity contribution in [1.82, 2.24) is 10.2 Å². The van der Waals surface area contributed by atoms with Crippen molar-refractivity contribution >= 4 is 24.2 Å². The van der Waals surface area contributed by atoms with Crippen LogP contribution < -0.4 is 11.1 Å². The normalized spacial score (nSPS) is 19.0. The fourth-order valence-electron chi connectivity index (χ4n) is 3.14. The molecule has 1 saturated heterocycles. The number of aryl methyl sites for hydroxylation is 1. The number of nitrogens with zero attached hydrogens (tertiary/aromatic N) is 1. The van der Waals surface area contributed by atoms with Crippen molar-refractivity contribution < 1.29 is 9.59 Å². The summed E-state index contributed by atoms with van der Waals surface area (Å²) in [4.78, 5) is 26.4. The lowest BCUT2D eigenvalue weighted by Crippen LogP contribution is -2.54. The summed E-state index contributed by atoms with van der Waals surface area (Å²) >= 11 is 0. The zero-order valence-corrected chi connectivity index (χ0v) is 16.0. The highest BCUT2D eigenvalue weighted by atomic mass is 35.5. The summed E-state index contributed by atoms with van der Waals surface area (Å²) in [5.41, 5.74) is 6.40. The standard InChI is InChI=1S/C19H29N3O2.ClH/c1-3-12-19(2,20)18(24)21-16-11-13-22(14-16)17(23)10-9-15-7-5-4-6-8-15;/h4-8,16H,3,9-14,20H2,1-2H3,(H,21,24);1H. The highest BCUT2D eigenvalue weighted by Gasteiger charge is 2.32. The van der Waals surface area contributed by atoms with E-state index in [1.54, 1.807) is 6.92 Å². The number of benzene rings is 1. The van der Waals surface area contributed by atoms with Gasteiger partial charge >= 0.3 is 0 Å². The molecule has 6 heteroatoms. The first-order chi connectivity index (χ1) is 11.4. The molecule has 2 rings (SSSR count). The van der Waals surface area contributed by atoms with Gasteiger partial charge in [-0.1, -0.05) is 43.7 Å². The van der Waals surface area contributed by atoms with Crippen LogP contribution in [0.5, 0.6) is 0 Å². The second-order valence-electron chi connectivity index (χ2n) is 6.95. The number of amides is 2. The highest BCUT2D eigenvalue weighted by molar-refractivity contribution is 5.86. The molecule has 0 radical (unpaired) electrons. The van der Waals surface area contributed by atoms with Crippen LogP contribution in [0.3, 0.4) is 0 Å². The Labute approximate surface area is 156 Å². The molecule has 0 aromatic heterocycles. The Morgan fingerprint density at radius 3 is 2.64 bits per heavy atom. The van der Waals surface area contributed by atoms with E-state index in [1.165, 1.54) is 5.56 Å². The summed E-state index contributed by atoms with van der Waals surface area (Å²) in [5, 5.41) is 3.00. The van der Waals surface area contributed by atoms with E-state index >= 15 is 0 Å². The molecule has 3 N–H and O–H groups in total. The van der Waals surface area contributed by atoms with Gasteiger partial charge in [-0.15, -0.1) is 12.4 Å². The van der Waals surface area contributed by atoms with Gasteiger partial charge in [0.25, 0.3) is 0 Å². The number of nitrogens with one attached hydrogen (secondary N) is 1. The summed E-state index contributed by atoms with van der Waals surface area (Å²) in [5.74, 6) is 0.0348. The summed E-state index contributed by atoms with van der Waals surface area (Å²) in [6.07, 6.45) is 3.59. The van der Waals surface area contributed by atoms with Gasteiger partial charge in [-0.25, -0.2) is 0 Å². The van der Waals surface area contributed by atoms with Gasteiger partial charge in [0.15, 0.2) is 0 Å². The van der Waals surface area contributed by atoms with Crippen molar-refractivity contribution in [2.75, 3.05) is 13.1 Å². The number of halogens is 1. The van der Waals surface area contributed by atoms with Gasteiger partial charge in [0.05, 0.1) is 5.54 Å². The van der Waals surface area contributed by atoms with E-state index in [1.807, 2.05) is 42.2 Å². The number of rotatable bonds is 7. The minimum absolute atomic E-state index is 0. The zero-order valence-electron chi connectivity index (χ0n) is 15.2. The van der Waals surface area contributed by atoms with Crippen molar-refractivity contribution in [1.29, 1.82) is 0 Å². The summed E-state index contributed by atoms with van der Waals surface area (Å²) in [7, 11) is 0. The lowest BCUT2D eigenvalue weighted by molar-refractivity contribution is -0.131. The van der Waals surface area contributed by atoms with Gasteiger partial charge in [0.1, 0.15) is 0 Å². The number of carbonyl (C=O) groups excluding carboxylic acids is 2. The van der Waals surface area contributed by atoms with Crippen LogP contribution in [0.15, 0.2) is 30.3 Å². The molecule has 1 fully saturated rings. The van der Waals surface area contributed by atoms with Crippen molar-refractivity contribution in [2.24, 2.45) is 5.73 Å². The minimum atomic E-state index is -0.834. The predicted molar refractivity (Wildman–Crippen MR) is 103 cm³/mol. The molecule has 0 aliphatic carbocycles. The zero-order chi connectivity index (χ0) is 17.6. The first kappa shape index (κ1) is 21.5. The quantitative estimate of drug-likeness (QED) is 0.776. The van der Waals surface area contributed by atoms with Gasteiger partial charge < -0.3 is 16.0 Å². The second kappa shape index (κ2) is 9.78. The van der Waals surface area contributed by atoms with E-state index in [-0.39, 0.29) is 30.3 Å². The smallest absolute Gasteiger partial charge is 0.240 e. The third-order valence-corrected chi connectivity index (χ3v) is 4.63. The lowest BCUT2D eigenvalue weighted by atomic mass is 9.96. The molecular formula is C19H30ClN3O2. The minimum Gasteiger partial charge on any atom is -0.350 e. The third-order valence-electron chi connectivity index (χ3n) is 4.63. The molecule has 25 heavy (non-hydrogen) atoms. The van der Waals surface area contributed by atoms with E-state index in [9.17, 15) is 9.59 Å². The van der Waals surface area contributed by atoms with E-state index in [0.29, 0.717) is 25.9 Å². The summed E-state index contributed by atoms with van der Waals surface area (Å²) in [6, 6.07) is 10.0. The number of nitrogens with two attached hydrogens (primary N) is 1. The molecule has 2 unspecified atom stereocenters. The number of hydrogen-bond donors (Lipinski definition) is 2. The van der Waals surface area contributed by atoms with Crippen LogP contribution in [-0.2, 0) is 16.0 Å². The molecule has 1 aromatic carbocycles. The Kier molecular flexibility index (Phi) is 8.39. The maximum atomic E-state index is 12.3. The Hall–Kier alpha value is -1.59. The number of carbonyl (C=O) groups is 2. The Morgan fingerprint density at radius 1 is 1.32 bits per heavy atom. The molecule has 1 heterocycles. The van der Waals surface area contributed by atoms with Gasteiger partial charge in [-0.3, -0.25) is 9.59 Å². The van der Waals surface area contributed by atoms with Crippen LogP contribution in [0.1, 0.15) is 45.1 Å². The van der Waals surface area contributed by atoms with Crippen LogP contribution in [0, 0.1) is 0 Å². The molecule has 5 nitrogen and oxygen atoms in total. The summed E-state index contributed by atoms with van der Waals surface area (Å²) < 4.78 is 0. The number of hydrogen-bond acceptors (Lipinski definition) is 3. The molecular weight excluding hydrogens is 338 g/mol. The average molecular weight is 368 g/mol. The molecule has 2 amide bonds. The van der Waals surface area contributed by atoms with E-state index < -0.39 is 5.54 Å². The second-order valence-corrected chi connectivity index (χ2v) is 6.95. The predicted octanol–water partition coefficient (Wildman–Crippen LogP) is 2.28. The van der Waals surface area contributed by atoms with Gasteiger partial charge in [-0.05, 0) is 31.7 Å². The summed E-state index contributed by atoms with van der Waals surface area (Å²) in [6.45, 7) is 5.07. The van der Waals surface area contributed by atoms with Gasteiger partial charge in [0.2, 0.25) is 11.8 Å². The fourth-order valence-corrected chi connectivity index (χ4v) is 3.14. The Bertz CT molecular complexity index is 563. The Morgan fingerprint density at radius 2 is 2.00 bits per heavy atom. The average Bonchev–Trinajstić information content (AvgIpc) is 3.02. The molecule has 0 bridgehead atoms. The van der Waals surface area contributed by atoms with Crippen molar-refractivity contribution in [3.8, 4) is 0 Å². The molecule has 0 saturated carbocycles. The molecule has 1 aliphatic heterocycles. The van der Waals surface area contributed by atoms with Gasteiger partial charge in [0, 0.05) is 25.6 Å². The first-order valence-electron chi connectivity index (χ1n) is 8.84. The lowest BCUT2D eigenvalue weighted by Gasteiger charge is -2.25. The Balaban J connectivity index is 0.00000312. The molecule has 1 aromatic rings.